The van der Waals surface area contributed by atoms with Crippen molar-refractivity contribution in [2.24, 2.45) is 5.41 Å². The van der Waals surface area contributed by atoms with Crippen LogP contribution in [0, 0.1) is 5.41 Å². The van der Waals surface area contributed by atoms with E-state index in [-0.39, 0.29) is 11.3 Å². The van der Waals surface area contributed by atoms with Gasteiger partial charge in [-0.25, -0.2) is 4.98 Å². The van der Waals surface area contributed by atoms with Crippen molar-refractivity contribution < 1.29 is 4.79 Å². The molecule has 2 aromatic rings. The van der Waals surface area contributed by atoms with E-state index < -0.39 is 0 Å². The Labute approximate surface area is 161 Å². The number of hydrogen-bond donors (Lipinski definition) is 2. The van der Waals surface area contributed by atoms with Crippen LogP contribution in [-0.4, -0.2) is 47.0 Å². The topological polar surface area (TPSA) is 61.0 Å². The van der Waals surface area contributed by atoms with Crippen LogP contribution in [0.5, 0.6) is 0 Å². The van der Waals surface area contributed by atoms with Crippen LogP contribution in [0.15, 0.2) is 30.3 Å². The first-order valence-electron chi connectivity index (χ1n) is 10.1. The van der Waals surface area contributed by atoms with E-state index in [4.69, 9.17) is 4.98 Å². The van der Waals surface area contributed by atoms with Gasteiger partial charge in [0.1, 0.15) is 11.5 Å². The Hall–Kier alpha value is -2.14. The van der Waals surface area contributed by atoms with Crippen LogP contribution in [0.3, 0.4) is 0 Å². The lowest BCUT2D eigenvalue weighted by atomic mass is 9.88. The zero-order valence-corrected chi connectivity index (χ0v) is 16.4. The second-order valence-electron chi connectivity index (χ2n) is 8.82. The van der Waals surface area contributed by atoms with E-state index in [1.54, 1.807) is 0 Å². The number of likely N-dealkylation sites (tertiary alicyclic amines) is 1. The van der Waals surface area contributed by atoms with Gasteiger partial charge in [0.25, 0.3) is 5.91 Å². The highest BCUT2D eigenvalue weighted by Gasteiger charge is 2.31. The van der Waals surface area contributed by atoms with E-state index >= 15 is 0 Å². The number of carbonyl (C=O) groups excluding carboxylic acids is 1. The maximum Gasteiger partial charge on any atom is 0.271 e. The molecule has 2 aliphatic heterocycles. The highest BCUT2D eigenvalue weighted by Crippen LogP contribution is 2.30. The molecule has 0 saturated carbocycles. The Morgan fingerprint density at radius 1 is 1.19 bits per heavy atom. The first-order valence-corrected chi connectivity index (χ1v) is 10.1. The summed E-state index contributed by atoms with van der Waals surface area (Å²) in [5.41, 5.74) is 3.09. The third-order valence-electron chi connectivity index (χ3n) is 5.93. The molecule has 5 heteroatoms. The molecule has 1 aromatic carbocycles. The fourth-order valence-electron chi connectivity index (χ4n) is 4.24. The molecular formula is C22H30N4O. The van der Waals surface area contributed by atoms with Gasteiger partial charge in [0, 0.05) is 24.7 Å². The predicted molar refractivity (Wildman–Crippen MR) is 107 cm³/mol. The number of fused-ring (bicyclic) bond motifs is 1. The molecule has 0 bridgehead atoms. The standard InChI is InChI=1S/C22H30N4O/c1-22(2)14-18-19(21(27)23-15-22)25-20(24-18)17-9-12-26(13-10-17)11-8-16-6-4-3-5-7-16/h3-7,17H,8-15H2,1-2H3,(H,23,27)(H,24,25). The molecule has 2 N–H and O–H groups in total. The molecule has 2 aliphatic rings. The average molecular weight is 367 g/mol. The third-order valence-corrected chi connectivity index (χ3v) is 5.93. The zero-order chi connectivity index (χ0) is 18.9. The Balaban J connectivity index is 1.36. The summed E-state index contributed by atoms with van der Waals surface area (Å²) in [4.78, 5) is 23.1. The van der Waals surface area contributed by atoms with Gasteiger partial charge in [0.05, 0.1) is 0 Å². The van der Waals surface area contributed by atoms with Crippen LogP contribution in [-0.2, 0) is 12.8 Å². The van der Waals surface area contributed by atoms with Gasteiger partial charge in [0.2, 0.25) is 0 Å². The van der Waals surface area contributed by atoms with Crippen molar-refractivity contribution in [2.75, 3.05) is 26.2 Å². The lowest BCUT2D eigenvalue weighted by Gasteiger charge is -2.31. The molecule has 27 heavy (non-hydrogen) atoms. The molecule has 0 radical (unpaired) electrons. The summed E-state index contributed by atoms with van der Waals surface area (Å²) in [7, 11) is 0. The first kappa shape index (κ1) is 18.2. The minimum atomic E-state index is -0.0293. The van der Waals surface area contributed by atoms with Crippen LogP contribution < -0.4 is 5.32 Å². The summed E-state index contributed by atoms with van der Waals surface area (Å²) in [6.07, 6.45) is 4.18. The van der Waals surface area contributed by atoms with Gasteiger partial charge in [0.15, 0.2) is 0 Å². The molecule has 0 unspecified atom stereocenters. The van der Waals surface area contributed by atoms with Crippen LogP contribution in [0.25, 0.3) is 0 Å². The van der Waals surface area contributed by atoms with E-state index in [9.17, 15) is 4.79 Å². The van der Waals surface area contributed by atoms with E-state index in [0.717, 1.165) is 56.8 Å². The Kier molecular flexibility index (Phi) is 5.04. The highest BCUT2D eigenvalue weighted by atomic mass is 16.1. The summed E-state index contributed by atoms with van der Waals surface area (Å²) in [5, 5.41) is 3.02. The summed E-state index contributed by atoms with van der Waals surface area (Å²) < 4.78 is 0. The van der Waals surface area contributed by atoms with Crippen molar-refractivity contribution in [1.29, 1.82) is 0 Å². The van der Waals surface area contributed by atoms with Crippen molar-refractivity contribution in [3.63, 3.8) is 0 Å². The first-order chi connectivity index (χ1) is 13.0. The lowest BCUT2D eigenvalue weighted by Crippen LogP contribution is -2.35. The van der Waals surface area contributed by atoms with Crippen molar-refractivity contribution in [1.82, 2.24) is 20.2 Å². The van der Waals surface area contributed by atoms with Gasteiger partial charge in [-0.15, -0.1) is 0 Å². The zero-order valence-electron chi connectivity index (χ0n) is 16.4. The average Bonchev–Trinajstić information content (AvgIpc) is 3.04. The number of nitrogens with one attached hydrogen (secondary N) is 2. The monoisotopic (exact) mass is 366 g/mol. The number of H-pyrrole nitrogens is 1. The highest BCUT2D eigenvalue weighted by molar-refractivity contribution is 5.94. The third kappa shape index (κ3) is 4.24. The minimum Gasteiger partial charge on any atom is -0.350 e. The number of hydrogen-bond acceptors (Lipinski definition) is 3. The number of piperidine rings is 1. The second kappa shape index (κ2) is 7.47. The van der Waals surface area contributed by atoms with E-state index in [1.807, 2.05) is 0 Å². The minimum absolute atomic E-state index is 0.0293. The molecule has 144 valence electrons. The van der Waals surface area contributed by atoms with Gasteiger partial charge in [-0.05, 0) is 49.8 Å². The number of aromatic amines is 1. The van der Waals surface area contributed by atoms with Gasteiger partial charge in [-0.3, -0.25) is 4.79 Å². The van der Waals surface area contributed by atoms with Crippen LogP contribution in [0.2, 0.25) is 0 Å². The van der Waals surface area contributed by atoms with Gasteiger partial charge >= 0.3 is 0 Å². The quantitative estimate of drug-likeness (QED) is 0.874. The number of aromatic nitrogens is 2. The number of nitrogens with zero attached hydrogens (tertiary/aromatic N) is 2. The second-order valence-corrected chi connectivity index (χ2v) is 8.82. The predicted octanol–water partition coefficient (Wildman–Crippen LogP) is 3.14. The molecule has 0 aliphatic carbocycles. The summed E-state index contributed by atoms with van der Waals surface area (Å²) in [6, 6.07) is 10.7. The molecule has 1 fully saturated rings. The summed E-state index contributed by atoms with van der Waals surface area (Å²) >= 11 is 0. The van der Waals surface area contributed by atoms with Crippen LogP contribution in [0.4, 0.5) is 0 Å². The number of amides is 1. The molecule has 0 atom stereocenters. The van der Waals surface area contributed by atoms with E-state index in [1.165, 1.54) is 5.56 Å². The molecule has 4 rings (SSSR count). The smallest absolute Gasteiger partial charge is 0.271 e. The molecule has 1 saturated heterocycles. The van der Waals surface area contributed by atoms with Crippen LogP contribution in [0.1, 0.15) is 60.2 Å². The Morgan fingerprint density at radius 2 is 1.93 bits per heavy atom. The van der Waals surface area contributed by atoms with Crippen molar-refractivity contribution in [3.05, 3.63) is 53.1 Å². The van der Waals surface area contributed by atoms with Crippen molar-refractivity contribution >= 4 is 5.91 Å². The maximum atomic E-state index is 12.4. The largest absolute Gasteiger partial charge is 0.350 e. The van der Waals surface area contributed by atoms with Crippen LogP contribution >= 0.6 is 0 Å². The molecular weight excluding hydrogens is 336 g/mol. The van der Waals surface area contributed by atoms with Gasteiger partial charge < -0.3 is 15.2 Å². The number of imidazole rings is 1. The molecule has 0 spiro atoms. The van der Waals surface area contributed by atoms with E-state index in [0.29, 0.717) is 18.2 Å². The Bertz CT molecular complexity index is 788. The van der Waals surface area contributed by atoms with Crippen molar-refractivity contribution in [3.8, 4) is 0 Å². The molecule has 5 nitrogen and oxygen atoms in total. The Morgan fingerprint density at radius 3 is 2.67 bits per heavy atom. The van der Waals surface area contributed by atoms with E-state index in [2.05, 4.69) is 59.4 Å². The lowest BCUT2D eigenvalue weighted by molar-refractivity contribution is 0.0940. The molecule has 3 heterocycles. The number of benzene rings is 1. The normalized spacial score (nSPS) is 20.7. The SMILES string of the molecule is CC1(C)CNC(=O)c2nc(C3CCN(CCc4ccccc4)CC3)[nH]c2C1. The number of rotatable bonds is 4. The fourth-order valence-corrected chi connectivity index (χ4v) is 4.24. The van der Waals surface area contributed by atoms with Crippen molar-refractivity contribution in [2.45, 2.75) is 45.4 Å². The van der Waals surface area contributed by atoms with Gasteiger partial charge in [-0.1, -0.05) is 44.2 Å². The number of carbonyl (C=O) groups is 1. The summed E-state index contributed by atoms with van der Waals surface area (Å²) in [5.74, 6) is 1.41. The summed E-state index contributed by atoms with van der Waals surface area (Å²) in [6.45, 7) is 8.39. The van der Waals surface area contributed by atoms with Gasteiger partial charge in [-0.2, -0.15) is 0 Å². The molecule has 1 aromatic heterocycles. The maximum absolute atomic E-state index is 12.4. The molecule has 1 amide bonds. The fraction of sp³-hybridized carbons (Fsp3) is 0.545.